The molecule has 19 heavy (non-hydrogen) atoms. The van der Waals surface area contributed by atoms with Crippen molar-refractivity contribution in [3.63, 3.8) is 0 Å². The molecule has 1 aromatic carbocycles. The Balaban J connectivity index is 2.42. The van der Waals surface area contributed by atoms with Gasteiger partial charge in [0, 0.05) is 6.04 Å². The van der Waals surface area contributed by atoms with Gasteiger partial charge in [-0.25, -0.2) is 18.5 Å². The van der Waals surface area contributed by atoms with E-state index >= 15 is 0 Å². The minimum absolute atomic E-state index is 0.249. The van der Waals surface area contributed by atoms with Gasteiger partial charge in [0.15, 0.2) is 0 Å². The molecule has 0 N–H and O–H groups in total. The average Bonchev–Trinajstić information content (AvgIpc) is 2.35. The number of rotatable bonds is 3. The van der Waals surface area contributed by atoms with Gasteiger partial charge in [0.2, 0.25) is 0 Å². The molecule has 5 nitrogen and oxygen atoms in total. The van der Waals surface area contributed by atoms with Crippen LogP contribution in [0.5, 0.6) is 0 Å². The van der Waals surface area contributed by atoms with Gasteiger partial charge in [0.05, 0.1) is 6.54 Å². The molecule has 0 spiro atoms. The van der Waals surface area contributed by atoms with Gasteiger partial charge in [-0.2, -0.15) is 4.98 Å². The molecule has 0 amide bonds. The Hall–Kier alpha value is -2.24. The van der Waals surface area contributed by atoms with E-state index in [0.717, 1.165) is 10.1 Å². The average molecular weight is 263 g/mol. The van der Waals surface area contributed by atoms with Gasteiger partial charge in [0.1, 0.15) is 12.1 Å². The lowest BCUT2D eigenvalue weighted by Gasteiger charge is -2.11. The SMILES string of the molecule is CC(C)n1c(=O)ncn(Cc2ccc(F)cc2)c1=O. The summed E-state index contributed by atoms with van der Waals surface area (Å²) in [6, 6.07) is 5.57. The Bertz CT molecular complexity index is 686. The van der Waals surface area contributed by atoms with E-state index in [-0.39, 0.29) is 18.4 Å². The van der Waals surface area contributed by atoms with Crippen molar-refractivity contribution in [2.24, 2.45) is 0 Å². The first-order chi connectivity index (χ1) is 8.99. The highest BCUT2D eigenvalue weighted by molar-refractivity contribution is 5.16. The predicted octanol–water partition coefficient (Wildman–Crippen LogP) is 1.17. The summed E-state index contributed by atoms with van der Waals surface area (Å²) < 4.78 is 15.2. The van der Waals surface area contributed by atoms with Crippen LogP contribution in [0.15, 0.2) is 40.2 Å². The lowest BCUT2D eigenvalue weighted by molar-refractivity contribution is 0.492. The second-order valence-electron chi connectivity index (χ2n) is 4.53. The molecule has 0 aliphatic carbocycles. The van der Waals surface area contributed by atoms with E-state index in [0.29, 0.717) is 0 Å². The summed E-state index contributed by atoms with van der Waals surface area (Å²) in [5.41, 5.74) is -0.214. The fourth-order valence-corrected chi connectivity index (χ4v) is 1.79. The van der Waals surface area contributed by atoms with E-state index in [1.54, 1.807) is 26.0 Å². The Morgan fingerprint density at radius 3 is 2.42 bits per heavy atom. The summed E-state index contributed by atoms with van der Waals surface area (Å²) in [5, 5.41) is 0. The highest BCUT2D eigenvalue weighted by Gasteiger charge is 2.09. The van der Waals surface area contributed by atoms with Crippen LogP contribution in [0.1, 0.15) is 25.5 Å². The molecule has 0 radical (unpaired) electrons. The van der Waals surface area contributed by atoms with Crippen LogP contribution in [-0.2, 0) is 6.54 Å². The topological polar surface area (TPSA) is 56.9 Å². The maximum Gasteiger partial charge on any atom is 0.353 e. The van der Waals surface area contributed by atoms with Crippen molar-refractivity contribution in [2.45, 2.75) is 26.4 Å². The van der Waals surface area contributed by atoms with Gasteiger partial charge in [-0.15, -0.1) is 0 Å². The molecular formula is C13H14FN3O2. The van der Waals surface area contributed by atoms with Gasteiger partial charge in [-0.05, 0) is 31.5 Å². The van der Waals surface area contributed by atoms with Crippen LogP contribution in [0, 0.1) is 5.82 Å². The summed E-state index contributed by atoms with van der Waals surface area (Å²) in [6.07, 6.45) is 1.22. The van der Waals surface area contributed by atoms with Gasteiger partial charge in [-0.1, -0.05) is 12.1 Å². The number of hydrogen-bond acceptors (Lipinski definition) is 3. The standard InChI is InChI=1S/C13H14FN3O2/c1-9(2)17-12(18)15-8-16(13(17)19)7-10-3-5-11(14)6-4-10/h3-6,8-9H,7H2,1-2H3. The van der Waals surface area contributed by atoms with Gasteiger partial charge >= 0.3 is 11.4 Å². The fourth-order valence-electron chi connectivity index (χ4n) is 1.79. The Morgan fingerprint density at radius 1 is 1.21 bits per heavy atom. The second-order valence-corrected chi connectivity index (χ2v) is 4.53. The minimum Gasteiger partial charge on any atom is -0.279 e. The summed E-state index contributed by atoms with van der Waals surface area (Å²) >= 11 is 0. The molecule has 0 bridgehead atoms. The predicted molar refractivity (Wildman–Crippen MR) is 68.6 cm³/mol. The number of nitrogens with zero attached hydrogens (tertiary/aromatic N) is 3. The van der Waals surface area contributed by atoms with E-state index < -0.39 is 11.4 Å². The lowest BCUT2D eigenvalue weighted by Crippen LogP contribution is -2.42. The zero-order valence-corrected chi connectivity index (χ0v) is 10.7. The molecule has 1 heterocycles. The van der Waals surface area contributed by atoms with Crippen LogP contribution >= 0.6 is 0 Å². The molecule has 100 valence electrons. The molecule has 6 heteroatoms. The number of benzene rings is 1. The molecule has 0 saturated carbocycles. The molecule has 0 saturated heterocycles. The highest BCUT2D eigenvalue weighted by Crippen LogP contribution is 2.03. The van der Waals surface area contributed by atoms with E-state index in [1.165, 1.54) is 23.0 Å². The molecule has 0 aliphatic rings. The van der Waals surface area contributed by atoms with Gasteiger partial charge in [-0.3, -0.25) is 4.57 Å². The lowest BCUT2D eigenvalue weighted by atomic mass is 10.2. The maximum atomic E-state index is 12.8. The third-order valence-electron chi connectivity index (χ3n) is 2.75. The molecule has 1 aromatic heterocycles. The van der Waals surface area contributed by atoms with Crippen LogP contribution in [-0.4, -0.2) is 14.1 Å². The van der Waals surface area contributed by atoms with Gasteiger partial charge in [0.25, 0.3) is 0 Å². The highest BCUT2D eigenvalue weighted by atomic mass is 19.1. The number of halogens is 1. The summed E-state index contributed by atoms with van der Waals surface area (Å²) in [6.45, 7) is 3.73. The van der Waals surface area contributed by atoms with Crippen molar-refractivity contribution in [1.82, 2.24) is 14.1 Å². The smallest absolute Gasteiger partial charge is 0.279 e. The molecule has 0 unspecified atom stereocenters. The minimum atomic E-state index is -0.560. The van der Waals surface area contributed by atoms with Crippen LogP contribution in [0.25, 0.3) is 0 Å². The third-order valence-corrected chi connectivity index (χ3v) is 2.75. The molecular weight excluding hydrogens is 249 g/mol. The molecule has 2 aromatic rings. The zero-order chi connectivity index (χ0) is 14.0. The van der Waals surface area contributed by atoms with Crippen molar-refractivity contribution in [2.75, 3.05) is 0 Å². The third kappa shape index (κ3) is 2.78. The quantitative estimate of drug-likeness (QED) is 0.835. The molecule has 0 aliphatic heterocycles. The molecule has 0 fully saturated rings. The largest absolute Gasteiger partial charge is 0.353 e. The Kier molecular flexibility index (Phi) is 3.59. The Labute approximate surface area is 109 Å². The summed E-state index contributed by atoms with van der Waals surface area (Å²) in [5.74, 6) is -0.332. The number of hydrogen-bond donors (Lipinski definition) is 0. The fraction of sp³-hybridized carbons (Fsp3) is 0.308. The summed E-state index contributed by atoms with van der Waals surface area (Å²) in [4.78, 5) is 27.3. The van der Waals surface area contributed by atoms with E-state index in [4.69, 9.17) is 0 Å². The first-order valence-corrected chi connectivity index (χ1v) is 5.91. The normalized spacial score (nSPS) is 10.9. The van der Waals surface area contributed by atoms with Crippen molar-refractivity contribution >= 4 is 0 Å². The first-order valence-electron chi connectivity index (χ1n) is 5.91. The van der Waals surface area contributed by atoms with E-state index in [2.05, 4.69) is 4.98 Å². The van der Waals surface area contributed by atoms with Crippen LogP contribution in [0.2, 0.25) is 0 Å². The number of aromatic nitrogens is 3. The first kappa shape index (κ1) is 13.2. The van der Waals surface area contributed by atoms with Gasteiger partial charge < -0.3 is 0 Å². The second kappa shape index (κ2) is 5.17. The Morgan fingerprint density at radius 2 is 1.84 bits per heavy atom. The zero-order valence-electron chi connectivity index (χ0n) is 10.7. The maximum absolute atomic E-state index is 12.8. The van der Waals surface area contributed by atoms with E-state index in [1.807, 2.05) is 0 Å². The van der Waals surface area contributed by atoms with Crippen LogP contribution in [0.3, 0.4) is 0 Å². The van der Waals surface area contributed by atoms with Crippen molar-refractivity contribution < 1.29 is 4.39 Å². The van der Waals surface area contributed by atoms with E-state index in [9.17, 15) is 14.0 Å². The van der Waals surface area contributed by atoms with Crippen LogP contribution in [0.4, 0.5) is 4.39 Å². The van der Waals surface area contributed by atoms with Crippen molar-refractivity contribution in [1.29, 1.82) is 0 Å². The molecule has 2 rings (SSSR count). The monoisotopic (exact) mass is 263 g/mol. The van der Waals surface area contributed by atoms with Crippen molar-refractivity contribution in [3.8, 4) is 0 Å². The van der Waals surface area contributed by atoms with Crippen LogP contribution < -0.4 is 11.4 Å². The van der Waals surface area contributed by atoms with Crippen molar-refractivity contribution in [3.05, 3.63) is 62.9 Å². The summed E-state index contributed by atoms with van der Waals surface area (Å²) in [7, 11) is 0. The molecule has 0 atom stereocenters.